The zero-order valence-corrected chi connectivity index (χ0v) is 11.4. The summed E-state index contributed by atoms with van der Waals surface area (Å²) < 4.78 is 101. The number of azo groups is 1. The number of benzene rings is 2. The van der Waals surface area contributed by atoms with E-state index in [9.17, 15) is 35.1 Å². The van der Waals surface area contributed by atoms with E-state index in [0.29, 0.717) is 24.3 Å². The van der Waals surface area contributed by atoms with E-state index in [4.69, 9.17) is 0 Å². The van der Waals surface area contributed by atoms with Crippen LogP contribution in [0, 0.1) is 11.6 Å². The quantitative estimate of drug-likeness (QED) is 0.439. The highest BCUT2D eigenvalue weighted by molar-refractivity contribution is 5.44. The normalized spacial score (nSPS) is 12.8. The number of hydrogen-bond acceptors (Lipinski definition) is 2. The molecular weight excluding hydrogens is 348 g/mol. The fourth-order valence-corrected chi connectivity index (χ4v) is 1.64. The first kappa shape index (κ1) is 17.8. The van der Waals surface area contributed by atoms with E-state index in [1.165, 1.54) is 0 Å². The van der Waals surface area contributed by atoms with Gasteiger partial charge in [0.1, 0.15) is 11.4 Å². The van der Waals surface area contributed by atoms with Crippen LogP contribution in [0.25, 0.3) is 0 Å². The molecule has 24 heavy (non-hydrogen) atoms. The Bertz CT molecular complexity index is 712. The van der Waals surface area contributed by atoms with Crippen LogP contribution in [-0.4, -0.2) is 0 Å². The summed E-state index contributed by atoms with van der Waals surface area (Å²) in [5, 5.41) is 6.43. The van der Waals surface area contributed by atoms with Crippen molar-refractivity contribution in [3.63, 3.8) is 0 Å². The summed E-state index contributed by atoms with van der Waals surface area (Å²) in [7, 11) is 0. The molecule has 0 aliphatic heterocycles. The molecule has 0 N–H and O–H groups in total. The number of nitrogens with zero attached hydrogens (tertiary/aromatic N) is 2. The molecule has 0 radical (unpaired) electrons. The highest BCUT2D eigenvalue weighted by atomic mass is 19.4. The molecule has 0 heterocycles. The Morgan fingerprint density at radius 3 is 1.17 bits per heavy atom. The standard InChI is InChI=1S/C14H6F8N2/c15-9-5-7(13(17,18)19)1-3-11(9)23-24-12-4-2-8(6-10(12)16)14(20,21)22/h1-6H/b24-23+. The van der Waals surface area contributed by atoms with Crippen molar-refractivity contribution in [1.29, 1.82) is 0 Å². The third kappa shape index (κ3) is 4.06. The Balaban J connectivity index is 2.29. The topological polar surface area (TPSA) is 24.7 Å². The van der Waals surface area contributed by atoms with Crippen LogP contribution in [0.4, 0.5) is 46.5 Å². The van der Waals surface area contributed by atoms with Gasteiger partial charge in [-0.2, -0.15) is 26.3 Å². The van der Waals surface area contributed by atoms with Gasteiger partial charge in [0.15, 0.2) is 11.6 Å². The number of hydrogen-bond donors (Lipinski definition) is 0. The summed E-state index contributed by atoms with van der Waals surface area (Å²) in [6.07, 6.45) is -9.51. The highest BCUT2D eigenvalue weighted by Crippen LogP contribution is 2.34. The van der Waals surface area contributed by atoms with E-state index in [2.05, 4.69) is 10.2 Å². The smallest absolute Gasteiger partial charge is 0.205 e. The lowest BCUT2D eigenvalue weighted by molar-refractivity contribution is -0.138. The Hall–Kier alpha value is -2.52. The molecule has 2 aromatic carbocycles. The molecule has 0 spiro atoms. The minimum absolute atomic E-state index is 0.178. The molecule has 0 bridgehead atoms. The molecule has 0 amide bonds. The van der Waals surface area contributed by atoms with Gasteiger partial charge in [-0.05, 0) is 36.4 Å². The van der Waals surface area contributed by atoms with Gasteiger partial charge in [-0.3, -0.25) is 0 Å². The van der Waals surface area contributed by atoms with Crippen molar-refractivity contribution in [3.8, 4) is 0 Å². The van der Waals surface area contributed by atoms with Crippen molar-refractivity contribution in [1.82, 2.24) is 0 Å². The maximum absolute atomic E-state index is 13.5. The summed E-state index contributed by atoms with van der Waals surface area (Å²) in [5.74, 6) is -2.72. The van der Waals surface area contributed by atoms with Crippen molar-refractivity contribution in [3.05, 3.63) is 59.2 Å². The second-order valence-electron chi connectivity index (χ2n) is 4.53. The van der Waals surface area contributed by atoms with E-state index in [0.717, 1.165) is 0 Å². The van der Waals surface area contributed by atoms with Crippen molar-refractivity contribution in [2.45, 2.75) is 12.4 Å². The van der Waals surface area contributed by atoms with Gasteiger partial charge in [0.2, 0.25) is 0 Å². The van der Waals surface area contributed by atoms with Crippen LogP contribution in [-0.2, 0) is 12.4 Å². The number of alkyl halides is 6. The van der Waals surface area contributed by atoms with Crippen LogP contribution < -0.4 is 0 Å². The largest absolute Gasteiger partial charge is 0.416 e. The summed E-state index contributed by atoms with van der Waals surface area (Å²) in [6.45, 7) is 0. The molecule has 0 aliphatic carbocycles. The van der Waals surface area contributed by atoms with Crippen molar-refractivity contribution < 1.29 is 35.1 Å². The SMILES string of the molecule is Fc1cc(C(F)(F)F)ccc1/N=N/c1ccc(C(F)(F)F)cc1F. The van der Waals surface area contributed by atoms with Gasteiger partial charge >= 0.3 is 12.4 Å². The molecule has 2 nitrogen and oxygen atoms in total. The maximum Gasteiger partial charge on any atom is 0.416 e. The molecule has 2 rings (SSSR count). The van der Waals surface area contributed by atoms with Crippen molar-refractivity contribution in [2.24, 2.45) is 10.2 Å². The summed E-state index contributed by atoms with van der Waals surface area (Å²) in [4.78, 5) is 0. The van der Waals surface area contributed by atoms with Gasteiger partial charge in [0.05, 0.1) is 11.1 Å². The van der Waals surface area contributed by atoms with Gasteiger partial charge in [-0.25, -0.2) is 8.78 Å². The number of halogens is 8. The van der Waals surface area contributed by atoms with E-state index >= 15 is 0 Å². The predicted octanol–water partition coefficient (Wildman–Crippen LogP) is 6.42. The van der Waals surface area contributed by atoms with Gasteiger partial charge in [0, 0.05) is 0 Å². The zero-order valence-electron chi connectivity index (χ0n) is 11.4. The molecule has 128 valence electrons. The molecule has 0 aliphatic rings. The Kier molecular flexibility index (Phi) is 4.59. The fraction of sp³-hybridized carbons (Fsp3) is 0.143. The molecular formula is C14H6F8N2. The minimum atomic E-state index is -4.75. The van der Waals surface area contributed by atoms with Crippen LogP contribution in [0.2, 0.25) is 0 Å². The predicted molar refractivity (Wildman–Crippen MR) is 67.0 cm³/mol. The van der Waals surface area contributed by atoms with Crippen LogP contribution in [0.1, 0.15) is 11.1 Å². The summed E-state index contributed by atoms with van der Waals surface area (Å²) in [6, 6.07) is 2.78. The first-order valence-electron chi connectivity index (χ1n) is 6.14. The number of rotatable bonds is 2. The molecule has 2 aromatic rings. The molecule has 0 fully saturated rings. The minimum Gasteiger partial charge on any atom is -0.205 e. The molecule has 10 heteroatoms. The second-order valence-corrected chi connectivity index (χ2v) is 4.53. The third-order valence-electron chi connectivity index (χ3n) is 2.82. The van der Waals surface area contributed by atoms with E-state index in [-0.39, 0.29) is 12.1 Å². The first-order valence-corrected chi connectivity index (χ1v) is 6.14. The lowest BCUT2D eigenvalue weighted by atomic mass is 10.2. The van der Waals surface area contributed by atoms with Crippen LogP contribution >= 0.6 is 0 Å². The third-order valence-corrected chi connectivity index (χ3v) is 2.82. The lowest BCUT2D eigenvalue weighted by Crippen LogP contribution is -2.05. The van der Waals surface area contributed by atoms with Gasteiger partial charge < -0.3 is 0 Å². The van der Waals surface area contributed by atoms with Crippen molar-refractivity contribution >= 4 is 11.4 Å². The molecule has 0 atom stereocenters. The Morgan fingerprint density at radius 1 is 0.583 bits per heavy atom. The van der Waals surface area contributed by atoms with E-state index in [1.807, 2.05) is 0 Å². The maximum atomic E-state index is 13.5. The monoisotopic (exact) mass is 354 g/mol. The fourth-order valence-electron chi connectivity index (χ4n) is 1.64. The lowest BCUT2D eigenvalue weighted by Gasteiger charge is -2.07. The summed E-state index contributed by atoms with van der Waals surface area (Å²) in [5.41, 5.74) is -3.75. The summed E-state index contributed by atoms with van der Waals surface area (Å²) >= 11 is 0. The highest BCUT2D eigenvalue weighted by Gasteiger charge is 2.32. The molecule has 0 aromatic heterocycles. The Labute approximate surface area is 129 Å². The molecule has 0 saturated carbocycles. The average molecular weight is 354 g/mol. The van der Waals surface area contributed by atoms with Crippen LogP contribution in [0.15, 0.2) is 46.6 Å². The van der Waals surface area contributed by atoms with Gasteiger partial charge in [-0.1, -0.05) is 0 Å². The first-order chi connectivity index (χ1) is 11.0. The second kappa shape index (κ2) is 6.17. The van der Waals surface area contributed by atoms with E-state index in [1.54, 1.807) is 0 Å². The molecule has 0 unspecified atom stereocenters. The van der Waals surface area contributed by atoms with Gasteiger partial charge in [0.25, 0.3) is 0 Å². The Morgan fingerprint density at radius 2 is 0.917 bits per heavy atom. The van der Waals surface area contributed by atoms with Crippen LogP contribution in [0.5, 0.6) is 0 Å². The molecule has 0 saturated heterocycles. The van der Waals surface area contributed by atoms with Crippen LogP contribution in [0.3, 0.4) is 0 Å². The van der Waals surface area contributed by atoms with E-state index < -0.39 is 46.5 Å². The van der Waals surface area contributed by atoms with Gasteiger partial charge in [-0.15, -0.1) is 10.2 Å². The average Bonchev–Trinajstić information content (AvgIpc) is 2.45. The van der Waals surface area contributed by atoms with Crippen molar-refractivity contribution in [2.75, 3.05) is 0 Å². The zero-order chi connectivity index (χ0) is 18.1.